The summed E-state index contributed by atoms with van der Waals surface area (Å²) in [6.07, 6.45) is 1.51. The topological polar surface area (TPSA) is 134 Å². The Morgan fingerprint density at radius 3 is 2.42 bits per heavy atom. The Hall–Kier alpha value is -5.38. The number of aliphatic imine (C=N–C) groups is 1. The lowest BCUT2D eigenvalue weighted by molar-refractivity contribution is -0.394. The van der Waals surface area contributed by atoms with E-state index >= 15 is 0 Å². The minimum atomic E-state index is -0.758. The van der Waals surface area contributed by atoms with Gasteiger partial charge in [-0.1, -0.05) is 42.5 Å². The highest BCUT2D eigenvalue weighted by Crippen LogP contribution is 2.35. The average molecular weight is 481 g/mol. The van der Waals surface area contributed by atoms with Gasteiger partial charge in [0.05, 0.1) is 15.9 Å². The van der Waals surface area contributed by atoms with E-state index in [0.29, 0.717) is 11.1 Å². The molecule has 0 saturated carbocycles. The molecule has 1 aliphatic heterocycles. The van der Waals surface area contributed by atoms with Crippen LogP contribution in [0.4, 0.5) is 11.4 Å². The Bertz CT molecular complexity index is 1630. The van der Waals surface area contributed by atoms with Gasteiger partial charge in [0.2, 0.25) is 11.6 Å². The summed E-state index contributed by atoms with van der Waals surface area (Å²) in [7, 11) is 0. The number of nitrogens with zero attached hydrogens (tertiary/aromatic N) is 3. The van der Waals surface area contributed by atoms with Gasteiger partial charge in [0.1, 0.15) is 5.75 Å². The van der Waals surface area contributed by atoms with Gasteiger partial charge in [-0.05, 0) is 52.7 Å². The fourth-order valence-corrected chi connectivity index (χ4v) is 3.66. The monoisotopic (exact) mass is 481 g/mol. The second-order valence-electron chi connectivity index (χ2n) is 7.74. The Morgan fingerprint density at radius 2 is 1.64 bits per heavy atom. The zero-order chi connectivity index (χ0) is 25.2. The SMILES string of the molecule is O=C1OC(c2ccc3ccccc3c2)=N/C1=C/c1cccc(Oc2ccc([N+](=O)[O-])cc2[N+](=O)[O-])c1. The Labute approximate surface area is 203 Å². The van der Waals surface area contributed by atoms with Crippen molar-refractivity contribution < 1.29 is 24.1 Å². The Balaban J connectivity index is 1.42. The molecule has 10 nitrogen and oxygen atoms in total. The number of carbonyl (C=O) groups excluding carboxylic acids is 1. The summed E-state index contributed by atoms with van der Waals surface area (Å²) in [6, 6.07) is 23.0. The van der Waals surface area contributed by atoms with E-state index in [1.165, 1.54) is 6.08 Å². The summed E-state index contributed by atoms with van der Waals surface area (Å²) in [5.41, 5.74) is 0.307. The third kappa shape index (κ3) is 4.50. The average Bonchev–Trinajstić information content (AvgIpc) is 3.23. The van der Waals surface area contributed by atoms with Crippen molar-refractivity contribution in [3.63, 3.8) is 0 Å². The molecule has 1 heterocycles. The number of nitro benzene ring substituents is 2. The summed E-state index contributed by atoms with van der Waals surface area (Å²) in [4.78, 5) is 37.6. The normalized spacial score (nSPS) is 13.9. The molecule has 0 aliphatic carbocycles. The summed E-state index contributed by atoms with van der Waals surface area (Å²) in [5.74, 6) is -0.361. The van der Waals surface area contributed by atoms with Crippen molar-refractivity contribution in [1.82, 2.24) is 0 Å². The van der Waals surface area contributed by atoms with Crippen LogP contribution in [0, 0.1) is 20.2 Å². The maximum Gasteiger partial charge on any atom is 0.363 e. The van der Waals surface area contributed by atoms with E-state index in [9.17, 15) is 25.0 Å². The second kappa shape index (κ2) is 9.11. The Morgan fingerprint density at radius 1 is 0.833 bits per heavy atom. The third-order valence-corrected chi connectivity index (χ3v) is 5.36. The van der Waals surface area contributed by atoms with Gasteiger partial charge >= 0.3 is 11.7 Å². The molecule has 10 heteroatoms. The molecule has 0 amide bonds. The van der Waals surface area contributed by atoms with Crippen LogP contribution >= 0.6 is 0 Å². The van der Waals surface area contributed by atoms with E-state index in [1.807, 2.05) is 42.5 Å². The number of carbonyl (C=O) groups is 1. The van der Waals surface area contributed by atoms with E-state index < -0.39 is 27.2 Å². The molecule has 176 valence electrons. The van der Waals surface area contributed by atoms with Crippen LogP contribution in [0.15, 0.2) is 95.6 Å². The highest BCUT2D eigenvalue weighted by molar-refractivity contribution is 6.13. The number of hydrogen-bond acceptors (Lipinski definition) is 8. The summed E-state index contributed by atoms with van der Waals surface area (Å²) in [6.45, 7) is 0. The predicted octanol–water partition coefficient (Wildman–Crippen LogP) is 5.79. The van der Waals surface area contributed by atoms with Crippen LogP contribution in [-0.2, 0) is 9.53 Å². The van der Waals surface area contributed by atoms with Gasteiger partial charge in [-0.3, -0.25) is 20.2 Å². The number of cyclic esters (lactones) is 1. The molecule has 0 spiro atoms. The van der Waals surface area contributed by atoms with Gasteiger partial charge in [0.25, 0.3) is 5.69 Å². The van der Waals surface area contributed by atoms with Crippen LogP contribution in [0.1, 0.15) is 11.1 Å². The number of hydrogen-bond donors (Lipinski definition) is 0. The van der Waals surface area contributed by atoms with Crippen LogP contribution in [0.25, 0.3) is 16.8 Å². The molecule has 0 radical (unpaired) electrons. The fraction of sp³-hybridized carbons (Fsp3) is 0. The third-order valence-electron chi connectivity index (χ3n) is 5.36. The number of rotatable bonds is 6. The molecular weight excluding hydrogens is 466 g/mol. The van der Waals surface area contributed by atoms with E-state index in [2.05, 4.69) is 4.99 Å². The first kappa shape index (κ1) is 22.4. The zero-order valence-corrected chi connectivity index (χ0v) is 18.4. The van der Waals surface area contributed by atoms with Gasteiger partial charge in [-0.15, -0.1) is 0 Å². The molecule has 0 saturated heterocycles. The molecule has 5 rings (SSSR count). The lowest BCUT2D eigenvalue weighted by Crippen LogP contribution is -2.05. The van der Waals surface area contributed by atoms with Crippen molar-refractivity contribution in [2.45, 2.75) is 0 Å². The van der Waals surface area contributed by atoms with Crippen molar-refractivity contribution in [3.8, 4) is 11.5 Å². The Kier molecular flexibility index (Phi) is 5.67. The number of nitro groups is 2. The molecule has 1 aliphatic rings. The van der Waals surface area contributed by atoms with Crippen molar-refractivity contribution in [1.29, 1.82) is 0 Å². The molecular formula is C26H15N3O7. The minimum absolute atomic E-state index is 0.0802. The minimum Gasteiger partial charge on any atom is -0.450 e. The lowest BCUT2D eigenvalue weighted by atomic mass is 10.1. The molecule has 0 aromatic heterocycles. The quantitative estimate of drug-likeness (QED) is 0.147. The number of fused-ring (bicyclic) bond motifs is 1. The number of benzene rings is 4. The molecule has 4 aromatic carbocycles. The first-order chi connectivity index (χ1) is 17.4. The number of non-ortho nitro benzene ring substituents is 1. The van der Waals surface area contributed by atoms with Crippen molar-refractivity contribution in [2.24, 2.45) is 4.99 Å². The lowest BCUT2D eigenvalue weighted by Gasteiger charge is -2.07. The summed E-state index contributed by atoms with van der Waals surface area (Å²) < 4.78 is 11.0. The first-order valence-corrected chi connectivity index (χ1v) is 10.6. The molecule has 0 atom stereocenters. The molecule has 4 aromatic rings. The largest absolute Gasteiger partial charge is 0.450 e. The molecule has 0 bridgehead atoms. The van der Waals surface area contributed by atoms with Crippen molar-refractivity contribution >= 4 is 40.1 Å². The van der Waals surface area contributed by atoms with Crippen molar-refractivity contribution in [3.05, 3.63) is 122 Å². The zero-order valence-electron chi connectivity index (χ0n) is 18.4. The molecule has 0 unspecified atom stereocenters. The van der Waals surface area contributed by atoms with E-state index in [0.717, 1.165) is 29.0 Å². The smallest absolute Gasteiger partial charge is 0.363 e. The number of ether oxygens (including phenoxy) is 2. The standard InChI is InChI=1S/C26H15N3O7/c30-26-22(27-25(36-26)19-9-8-17-5-1-2-6-18(17)14-19)13-16-4-3-7-21(12-16)35-24-11-10-20(28(31)32)15-23(24)29(33)34/h1-15H/b22-13+. The number of esters is 1. The van der Waals surface area contributed by atoms with E-state index in [1.54, 1.807) is 24.3 Å². The van der Waals surface area contributed by atoms with E-state index in [4.69, 9.17) is 9.47 Å². The van der Waals surface area contributed by atoms with E-state index in [-0.39, 0.29) is 23.1 Å². The highest BCUT2D eigenvalue weighted by atomic mass is 16.6. The first-order valence-electron chi connectivity index (χ1n) is 10.6. The molecule has 0 N–H and O–H groups in total. The second-order valence-corrected chi connectivity index (χ2v) is 7.74. The van der Waals surface area contributed by atoms with Crippen LogP contribution < -0.4 is 4.74 Å². The van der Waals surface area contributed by atoms with Crippen molar-refractivity contribution in [2.75, 3.05) is 0 Å². The van der Waals surface area contributed by atoms with Gasteiger partial charge in [0.15, 0.2) is 5.70 Å². The van der Waals surface area contributed by atoms with Crippen LogP contribution in [0.2, 0.25) is 0 Å². The van der Waals surface area contributed by atoms with Gasteiger partial charge in [-0.2, -0.15) is 0 Å². The van der Waals surface area contributed by atoms with Gasteiger partial charge in [-0.25, -0.2) is 9.79 Å². The van der Waals surface area contributed by atoms with Crippen LogP contribution in [0.3, 0.4) is 0 Å². The maximum absolute atomic E-state index is 12.4. The van der Waals surface area contributed by atoms with Gasteiger partial charge in [0, 0.05) is 11.6 Å². The van der Waals surface area contributed by atoms with Gasteiger partial charge < -0.3 is 9.47 Å². The van der Waals surface area contributed by atoms with Crippen LogP contribution in [0.5, 0.6) is 11.5 Å². The highest BCUT2D eigenvalue weighted by Gasteiger charge is 2.25. The molecule has 0 fully saturated rings. The summed E-state index contributed by atoms with van der Waals surface area (Å²) >= 11 is 0. The maximum atomic E-state index is 12.4. The van der Waals surface area contributed by atoms with Crippen LogP contribution in [-0.4, -0.2) is 21.7 Å². The molecule has 36 heavy (non-hydrogen) atoms. The fourth-order valence-electron chi connectivity index (χ4n) is 3.66. The predicted molar refractivity (Wildman–Crippen MR) is 131 cm³/mol. The summed E-state index contributed by atoms with van der Waals surface area (Å²) in [5, 5.41) is 24.3.